The van der Waals surface area contributed by atoms with Crippen LogP contribution < -0.4 is 5.63 Å². The molecular weight excluding hydrogens is 188 g/mol. The second kappa shape index (κ2) is 5.15. The fraction of sp³-hybridized carbons (Fsp3) is 0.615. The minimum Gasteiger partial charge on any atom is -0.428 e. The molecule has 0 aliphatic heterocycles. The van der Waals surface area contributed by atoms with E-state index in [4.69, 9.17) is 4.42 Å². The van der Waals surface area contributed by atoms with Gasteiger partial charge in [0.15, 0.2) is 0 Å². The van der Waals surface area contributed by atoms with Gasteiger partial charge in [0, 0.05) is 12.5 Å². The van der Waals surface area contributed by atoms with Gasteiger partial charge in [0.2, 0.25) is 0 Å². The molecule has 84 valence electrons. The van der Waals surface area contributed by atoms with Crippen molar-refractivity contribution in [2.24, 2.45) is 11.8 Å². The summed E-state index contributed by atoms with van der Waals surface area (Å²) in [5, 5.41) is 0. The van der Waals surface area contributed by atoms with Gasteiger partial charge in [-0.15, -0.1) is 0 Å². The maximum Gasteiger partial charge on any atom is 0.336 e. The van der Waals surface area contributed by atoms with Crippen molar-refractivity contribution in [3.05, 3.63) is 33.9 Å². The first-order valence-corrected chi connectivity index (χ1v) is 5.58. The van der Waals surface area contributed by atoms with Gasteiger partial charge in [-0.1, -0.05) is 20.8 Å². The van der Waals surface area contributed by atoms with Crippen molar-refractivity contribution in [3.63, 3.8) is 0 Å². The van der Waals surface area contributed by atoms with E-state index in [-0.39, 0.29) is 5.63 Å². The molecule has 0 saturated carbocycles. The zero-order valence-electron chi connectivity index (χ0n) is 10.0. The van der Waals surface area contributed by atoms with Crippen LogP contribution >= 0.6 is 0 Å². The number of aryl methyl sites for hydroxylation is 1. The maximum atomic E-state index is 11.1. The highest BCUT2D eigenvalue weighted by molar-refractivity contribution is 5.11. The molecule has 1 heterocycles. The Morgan fingerprint density at radius 1 is 1.27 bits per heavy atom. The molecule has 0 N–H and O–H groups in total. The minimum absolute atomic E-state index is 0.234. The normalized spacial score (nSPS) is 13.1. The van der Waals surface area contributed by atoms with Crippen LogP contribution in [0.5, 0.6) is 0 Å². The van der Waals surface area contributed by atoms with E-state index in [0.717, 1.165) is 24.2 Å². The van der Waals surface area contributed by atoms with Crippen LogP contribution in [0.1, 0.15) is 38.5 Å². The zero-order valence-corrected chi connectivity index (χ0v) is 10.0. The molecule has 1 rings (SSSR count). The molecule has 0 radical (unpaired) electrons. The van der Waals surface area contributed by atoms with Gasteiger partial charge in [-0.3, -0.25) is 0 Å². The Bertz CT molecular complexity index is 363. The zero-order chi connectivity index (χ0) is 11.4. The van der Waals surface area contributed by atoms with Crippen LogP contribution in [0.2, 0.25) is 0 Å². The van der Waals surface area contributed by atoms with Crippen LogP contribution in [0.3, 0.4) is 0 Å². The van der Waals surface area contributed by atoms with Crippen molar-refractivity contribution in [3.8, 4) is 0 Å². The van der Waals surface area contributed by atoms with E-state index in [1.54, 1.807) is 0 Å². The summed E-state index contributed by atoms with van der Waals surface area (Å²) in [4.78, 5) is 11.1. The van der Waals surface area contributed by atoms with E-state index in [1.165, 1.54) is 6.07 Å². The highest BCUT2D eigenvalue weighted by atomic mass is 16.4. The monoisotopic (exact) mass is 208 g/mol. The Morgan fingerprint density at radius 3 is 2.47 bits per heavy atom. The van der Waals surface area contributed by atoms with Gasteiger partial charge in [0.25, 0.3) is 0 Å². The average molecular weight is 208 g/mol. The summed E-state index contributed by atoms with van der Waals surface area (Å²) in [5.41, 5.74) is 0.750. The summed E-state index contributed by atoms with van der Waals surface area (Å²) < 4.78 is 5.15. The van der Waals surface area contributed by atoms with Crippen molar-refractivity contribution in [2.45, 2.75) is 40.5 Å². The van der Waals surface area contributed by atoms with Gasteiger partial charge in [-0.25, -0.2) is 4.79 Å². The molecule has 0 aromatic carbocycles. The van der Waals surface area contributed by atoms with Crippen molar-refractivity contribution >= 4 is 0 Å². The molecule has 1 unspecified atom stereocenters. The molecular formula is C13H20O2. The van der Waals surface area contributed by atoms with Crippen molar-refractivity contribution in [1.29, 1.82) is 0 Å². The Kier molecular flexibility index (Phi) is 4.13. The van der Waals surface area contributed by atoms with Crippen LogP contribution in [-0.2, 0) is 6.42 Å². The Labute approximate surface area is 91.3 Å². The number of hydrogen-bond donors (Lipinski definition) is 0. The SMILES string of the molecule is Cc1cc(CC(C)CC(C)C)oc(=O)c1. The molecule has 0 aliphatic carbocycles. The molecule has 2 nitrogen and oxygen atoms in total. The molecule has 1 aromatic rings. The van der Waals surface area contributed by atoms with Crippen molar-refractivity contribution < 1.29 is 4.42 Å². The van der Waals surface area contributed by atoms with Gasteiger partial charge >= 0.3 is 5.63 Å². The molecule has 0 fully saturated rings. The lowest BCUT2D eigenvalue weighted by Crippen LogP contribution is -2.07. The van der Waals surface area contributed by atoms with Gasteiger partial charge in [-0.05, 0) is 36.8 Å². The first-order chi connectivity index (χ1) is 6.97. The second-order valence-electron chi connectivity index (χ2n) is 4.86. The molecule has 0 spiro atoms. The predicted octanol–water partition coefficient (Wildman–Crippen LogP) is 3.17. The lowest BCUT2D eigenvalue weighted by Gasteiger charge is -2.12. The molecule has 2 heteroatoms. The number of rotatable bonds is 4. The average Bonchev–Trinajstić information content (AvgIpc) is 1.98. The fourth-order valence-corrected chi connectivity index (χ4v) is 2.00. The largest absolute Gasteiger partial charge is 0.428 e. The maximum absolute atomic E-state index is 11.1. The van der Waals surface area contributed by atoms with Crippen molar-refractivity contribution in [1.82, 2.24) is 0 Å². The summed E-state index contributed by atoms with van der Waals surface area (Å²) in [7, 11) is 0. The topological polar surface area (TPSA) is 30.2 Å². The summed E-state index contributed by atoms with van der Waals surface area (Å²) in [6, 6.07) is 3.48. The van der Waals surface area contributed by atoms with Crippen LogP contribution in [0, 0.1) is 18.8 Å². The predicted molar refractivity (Wildman–Crippen MR) is 62.0 cm³/mol. The molecule has 0 aliphatic rings. The van der Waals surface area contributed by atoms with Crippen molar-refractivity contribution in [2.75, 3.05) is 0 Å². The molecule has 15 heavy (non-hydrogen) atoms. The highest BCUT2D eigenvalue weighted by Gasteiger charge is 2.08. The van der Waals surface area contributed by atoms with E-state index in [0.29, 0.717) is 11.8 Å². The van der Waals surface area contributed by atoms with Gasteiger partial charge < -0.3 is 4.42 Å². The molecule has 0 bridgehead atoms. The first kappa shape index (κ1) is 12.0. The lowest BCUT2D eigenvalue weighted by molar-refractivity contribution is 0.380. The lowest BCUT2D eigenvalue weighted by atomic mass is 9.95. The van der Waals surface area contributed by atoms with Crippen LogP contribution in [-0.4, -0.2) is 0 Å². The molecule has 1 aromatic heterocycles. The second-order valence-corrected chi connectivity index (χ2v) is 4.86. The third kappa shape index (κ3) is 4.32. The van der Waals surface area contributed by atoms with Gasteiger partial charge in [0.05, 0.1) is 0 Å². The van der Waals surface area contributed by atoms with Crippen LogP contribution in [0.25, 0.3) is 0 Å². The Balaban J connectivity index is 2.68. The quantitative estimate of drug-likeness (QED) is 0.760. The Morgan fingerprint density at radius 2 is 1.93 bits per heavy atom. The standard InChI is InChI=1S/C13H20O2/c1-9(2)5-10(3)6-12-7-11(4)8-13(14)15-12/h7-10H,5-6H2,1-4H3. The smallest absolute Gasteiger partial charge is 0.336 e. The van der Waals surface area contributed by atoms with Gasteiger partial charge in [-0.2, -0.15) is 0 Å². The fourth-order valence-electron chi connectivity index (χ4n) is 2.00. The molecule has 0 saturated heterocycles. The van der Waals surface area contributed by atoms with Gasteiger partial charge in [0.1, 0.15) is 5.76 Å². The third-order valence-electron chi connectivity index (χ3n) is 2.39. The van der Waals surface area contributed by atoms with E-state index in [2.05, 4.69) is 20.8 Å². The van der Waals surface area contributed by atoms with E-state index in [1.807, 2.05) is 13.0 Å². The van der Waals surface area contributed by atoms with E-state index < -0.39 is 0 Å². The summed E-state index contributed by atoms with van der Waals surface area (Å²) in [5.74, 6) is 2.07. The Hall–Kier alpha value is -1.05. The van der Waals surface area contributed by atoms with E-state index in [9.17, 15) is 4.79 Å². The molecule has 0 amide bonds. The summed E-state index contributed by atoms with van der Waals surface area (Å²) in [6.45, 7) is 8.54. The first-order valence-electron chi connectivity index (χ1n) is 5.58. The summed E-state index contributed by atoms with van der Waals surface area (Å²) >= 11 is 0. The summed E-state index contributed by atoms with van der Waals surface area (Å²) in [6.07, 6.45) is 2.02. The number of hydrogen-bond acceptors (Lipinski definition) is 2. The van der Waals surface area contributed by atoms with Crippen LogP contribution in [0.4, 0.5) is 0 Å². The minimum atomic E-state index is -0.234. The highest BCUT2D eigenvalue weighted by Crippen LogP contribution is 2.16. The molecule has 1 atom stereocenters. The third-order valence-corrected chi connectivity index (χ3v) is 2.39. The van der Waals surface area contributed by atoms with Crippen LogP contribution in [0.15, 0.2) is 21.3 Å². The van der Waals surface area contributed by atoms with E-state index >= 15 is 0 Å².